The molecule has 0 saturated heterocycles. The minimum atomic E-state index is -0.462. The molecule has 0 spiro atoms. The van der Waals surface area contributed by atoms with Crippen LogP contribution in [0.2, 0.25) is 0 Å². The SMILES string of the molecule is Cc1cc(Br)cc(C)c1OCC(=O)NNC(=O)COc1ccc(C(C)C)cc1. The fourth-order valence-corrected chi connectivity index (χ4v) is 3.26. The maximum atomic E-state index is 11.9. The Morgan fingerprint density at radius 3 is 1.93 bits per heavy atom. The van der Waals surface area contributed by atoms with E-state index in [1.807, 2.05) is 50.2 Å². The van der Waals surface area contributed by atoms with E-state index in [2.05, 4.69) is 40.6 Å². The number of benzene rings is 2. The van der Waals surface area contributed by atoms with Gasteiger partial charge in [-0.1, -0.05) is 41.9 Å². The molecular formula is C21H25BrN2O4. The van der Waals surface area contributed by atoms with Crippen molar-refractivity contribution in [3.8, 4) is 11.5 Å². The van der Waals surface area contributed by atoms with Crippen LogP contribution in [0.5, 0.6) is 11.5 Å². The number of amides is 2. The maximum absolute atomic E-state index is 11.9. The molecule has 0 aliphatic rings. The number of halogens is 1. The molecule has 0 unspecified atom stereocenters. The van der Waals surface area contributed by atoms with Crippen molar-refractivity contribution in [1.82, 2.24) is 10.9 Å². The molecule has 2 rings (SSSR count). The molecule has 2 amide bonds. The molecule has 6 nitrogen and oxygen atoms in total. The van der Waals surface area contributed by atoms with Gasteiger partial charge in [0, 0.05) is 4.47 Å². The molecule has 28 heavy (non-hydrogen) atoms. The number of aryl methyl sites for hydroxylation is 2. The Balaban J connectivity index is 1.73. The number of hydrogen-bond acceptors (Lipinski definition) is 4. The number of carbonyl (C=O) groups excluding carboxylic acids is 2. The number of carbonyl (C=O) groups is 2. The number of hydrogen-bond donors (Lipinski definition) is 2. The third-order valence-corrected chi connectivity index (χ3v) is 4.49. The first-order valence-electron chi connectivity index (χ1n) is 8.96. The van der Waals surface area contributed by atoms with Crippen molar-refractivity contribution in [2.24, 2.45) is 0 Å². The van der Waals surface area contributed by atoms with Crippen molar-refractivity contribution in [2.75, 3.05) is 13.2 Å². The first-order valence-corrected chi connectivity index (χ1v) is 9.75. The van der Waals surface area contributed by atoms with E-state index in [1.54, 1.807) is 0 Å². The van der Waals surface area contributed by atoms with E-state index < -0.39 is 11.8 Å². The van der Waals surface area contributed by atoms with Crippen molar-refractivity contribution in [3.63, 3.8) is 0 Å². The lowest BCUT2D eigenvalue weighted by atomic mass is 10.0. The summed E-state index contributed by atoms with van der Waals surface area (Å²) in [5, 5.41) is 0. The highest BCUT2D eigenvalue weighted by Gasteiger charge is 2.10. The lowest BCUT2D eigenvalue weighted by Gasteiger charge is -2.13. The normalized spacial score (nSPS) is 10.5. The summed E-state index contributed by atoms with van der Waals surface area (Å²) in [4.78, 5) is 23.7. The van der Waals surface area contributed by atoms with E-state index in [1.165, 1.54) is 5.56 Å². The summed E-state index contributed by atoms with van der Waals surface area (Å²) in [6, 6.07) is 11.4. The summed E-state index contributed by atoms with van der Waals surface area (Å²) in [5.74, 6) is 0.752. The largest absolute Gasteiger partial charge is 0.484 e. The van der Waals surface area contributed by atoms with Crippen LogP contribution in [0.1, 0.15) is 36.5 Å². The molecule has 0 aromatic heterocycles. The van der Waals surface area contributed by atoms with Gasteiger partial charge in [-0.3, -0.25) is 20.4 Å². The lowest BCUT2D eigenvalue weighted by Crippen LogP contribution is -2.45. The second kappa shape index (κ2) is 10.1. The van der Waals surface area contributed by atoms with Crippen LogP contribution in [0.4, 0.5) is 0 Å². The smallest absolute Gasteiger partial charge is 0.276 e. The Morgan fingerprint density at radius 2 is 1.43 bits per heavy atom. The van der Waals surface area contributed by atoms with Gasteiger partial charge in [-0.15, -0.1) is 0 Å². The zero-order valence-corrected chi connectivity index (χ0v) is 18.1. The molecule has 0 heterocycles. The first kappa shape index (κ1) is 21.8. The van der Waals surface area contributed by atoms with Crippen molar-refractivity contribution < 1.29 is 19.1 Å². The molecule has 0 fully saturated rings. The van der Waals surface area contributed by atoms with Crippen molar-refractivity contribution in [3.05, 3.63) is 57.6 Å². The molecule has 0 aliphatic heterocycles. The van der Waals surface area contributed by atoms with E-state index in [-0.39, 0.29) is 13.2 Å². The fourth-order valence-electron chi connectivity index (χ4n) is 2.57. The van der Waals surface area contributed by atoms with Crippen LogP contribution < -0.4 is 20.3 Å². The third kappa shape index (κ3) is 6.56. The van der Waals surface area contributed by atoms with Crippen LogP contribution in [0.3, 0.4) is 0 Å². The Bertz CT molecular complexity index is 812. The number of hydrazine groups is 1. The number of ether oxygens (including phenoxy) is 2. The second-order valence-electron chi connectivity index (χ2n) is 6.77. The Morgan fingerprint density at radius 1 is 0.929 bits per heavy atom. The number of nitrogens with one attached hydrogen (secondary N) is 2. The van der Waals surface area contributed by atoms with Crippen LogP contribution in [-0.4, -0.2) is 25.0 Å². The van der Waals surface area contributed by atoms with Gasteiger partial charge in [0.05, 0.1) is 0 Å². The minimum Gasteiger partial charge on any atom is -0.484 e. The lowest BCUT2D eigenvalue weighted by molar-refractivity contribution is -0.131. The molecule has 2 N–H and O–H groups in total. The third-order valence-electron chi connectivity index (χ3n) is 4.03. The van der Waals surface area contributed by atoms with Crippen molar-refractivity contribution in [2.45, 2.75) is 33.6 Å². The Kier molecular flexibility index (Phi) is 7.87. The summed E-state index contributed by atoms with van der Waals surface area (Å²) in [7, 11) is 0. The van der Waals surface area contributed by atoms with Gasteiger partial charge >= 0.3 is 0 Å². The molecule has 7 heteroatoms. The predicted octanol–water partition coefficient (Wildman–Crippen LogP) is 3.79. The standard InChI is InChI=1S/C21H25BrN2O4/c1-13(2)16-5-7-18(8-6-16)27-11-19(25)23-24-20(26)12-28-21-14(3)9-17(22)10-15(21)4/h5-10,13H,11-12H2,1-4H3,(H,23,25)(H,24,26). The van der Waals surface area contributed by atoms with Crippen LogP contribution in [0.15, 0.2) is 40.9 Å². The summed E-state index contributed by atoms with van der Waals surface area (Å²) < 4.78 is 11.9. The van der Waals surface area contributed by atoms with Gasteiger partial charge in [0.15, 0.2) is 13.2 Å². The molecule has 0 bridgehead atoms. The van der Waals surface area contributed by atoms with E-state index >= 15 is 0 Å². The summed E-state index contributed by atoms with van der Waals surface area (Å²) >= 11 is 3.41. The van der Waals surface area contributed by atoms with Gasteiger partial charge in [0.1, 0.15) is 11.5 Å². The summed E-state index contributed by atoms with van der Waals surface area (Å²) in [6.45, 7) is 7.61. The van der Waals surface area contributed by atoms with Crippen LogP contribution in [-0.2, 0) is 9.59 Å². The first-order chi connectivity index (χ1) is 13.3. The van der Waals surface area contributed by atoms with Crippen molar-refractivity contribution >= 4 is 27.7 Å². The molecular weight excluding hydrogens is 424 g/mol. The molecule has 0 aliphatic carbocycles. The van der Waals surface area contributed by atoms with Gasteiger partial charge in [0.2, 0.25) is 0 Å². The molecule has 0 radical (unpaired) electrons. The zero-order chi connectivity index (χ0) is 20.7. The average Bonchev–Trinajstić information content (AvgIpc) is 2.64. The van der Waals surface area contributed by atoms with Crippen molar-refractivity contribution in [1.29, 1.82) is 0 Å². The van der Waals surface area contributed by atoms with Gasteiger partial charge in [-0.2, -0.15) is 0 Å². The van der Waals surface area contributed by atoms with E-state index in [0.29, 0.717) is 17.4 Å². The molecule has 0 atom stereocenters. The minimum absolute atomic E-state index is 0.201. The highest BCUT2D eigenvalue weighted by atomic mass is 79.9. The predicted molar refractivity (Wildman–Crippen MR) is 111 cm³/mol. The van der Waals surface area contributed by atoms with Gasteiger partial charge in [0.25, 0.3) is 11.8 Å². The van der Waals surface area contributed by atoms with E-state index in [4.69, 9.17) is 9.47 Å². The van der Waals surface area contributed by atoms with Gasteiger partial charge in [-0.05, 0) is 60.7 Å². The summed E-state index contributed by atoms with van der Waals surface area (Å²) in [6.07, 6.45) is 0. The molecule has 2 aromatic carbocycles. The van der Waals surface area contributed by atoms with Crippen LogP contribution in [0.25, 0.3) is 0 Å². The summed E-state index contributed by atoms with van der Waals surface area (Å²) in [5.41, 5.74) is 7.65. The quantitative estimate of drug-likeness (QED) is 0.631. The monoisotopic (exact) mass is 448 g/mol. The second-order valence-corrected chi connectivity index (χ2v) is 7.68. The van der Waals surface area contributed by atoms with E-state index in [9.17, 15) is 9.59 Å². The molecule has 150 valence electrons. The highest BCUT2D eigenvalue weighted by Crippen LogP contribution is 2.27. The topological polar surface area (TPSA) is 76.7 Å². The van der Waals surface area contributed by atoms with E-state index in [0.717, 1.165) is 15.6 Å². The van der Waals surface area contributed by atoms with Crippen LogP contribution >= 0.6 is 15.9 Å². The van der Waals surface area contributed by atoms with Gasteiger partial charge < -0.3 is 9.47 Å². The Labute approximate surface area is 173 Å². The maximum Gasteiger partial charge on any atom is 0.276 e. The fraction of sp³-hybridized carbons (Fsp3) is 0.333. The zero-order valence-electron chi connectivity index (χ0n) is 16.5. The van der Waals surface area contributed by atoms with Crippen LogP contribution in [0, 0.1) is 13.8 Å². The number of rotatable bonds is 7. The molecule has 0 saturated carbocycles. The average molecular weight is 449 g/mol. The molecule has 2 aromatic rings. The highest BCUT2D eigenvalue weighted by molar-refractivity contribution is 9.10. The Hall–Kier alpha value is -2.54. The van der Waals surface area contributed by atoms with Gasteiger partial charge in [-0.25, -0.2) is 0 Å².